The second-order valence-electron chi connectivity index (χ2n) is 6.31. The average molecular weight is 425 g/mol. The normalized spacial score (nSPS) is 21.4. The number of hydrogen-bond donors (Lipinski definition) is 2. The maximum absolute atomic E-state index is 12.5. The number of carbonyl (C=O) groups excluding carboxylic acids is 1. The predicted molar refractivity (Wildman–Crippen MR) is 108 cm³/mol. The summed E-state index contributed by atoms with van der Waals surface area (Å²) < 4.78 is 0.991. The van der Waals surface area contributed by atoms with Crippen LogP contribution in [0.5, 0.6) is 0 Å². The average Bonchev–Trinajstić information content (AvgIpc) is 2.99. The van der Waals surface area contributed by atoms with Crippen molar-refractivity contribution in [3.8, 4) is 0 Å². The van der Waals surface area contributed by atoms with Crippen LogP contribution in [0.1, 0.15) is 18.4 Å². The highest BCUT2D eigenvalue weighted by Crippen LogP contribution is 2.28. The molecule has 0 aliphatic carbocycles. The number of amides is 1. The van der Waals surface area contributed by atoms with Gasteiger partial charge in [-0.15, -0.1) is 12.4 Å². The van der Waals surface area contributed by atoms with E-state index in [2.05, 4.69) is 38.3 Å². The number of rotatable bonds is 4. The quantitative estimate of drug-likeness (QED) is 0.788. The Labute approximate surface area is 163 Å². The Bertz CT molecular complexity index is 696. The van der Waals surface area contributed by atoms with Crippen LogP contribution in [0.4, 0.5) is 5.69 Å². The van der Waals surface area contributed by atoms with Crippen LogP contribution in [-0.2, 0) is 4.79 Å². The molecule has 2 aromatic rings. The Morgan fingerprint density at radius 1 is 1.16 bits per heavy atom. The zero-order valence-corrected chi connectivity index (χ0v) is 16.5. The molecule has 6 heteroatoms. The first-order chi connectivity index (χ1) is 11.5. The molecule has 4 nitrogen and oxygen atoms in total. The van der Waals surface area contributed by atoms with Crippen LogP contribution in [0.15, 0.2) is 59.1 Å². The van der Waals surface area contributed by atoms with Crippen molar-refractivity contribution < 1.29 is 4.79 Å². The van der Waals surface area contributed by atoms with Gasteiger partial charge in [0, 0.05) is 35.2 Å². The van der Waals surface area contributed by atoms with Crippen LogP contribution in [0.2, 0.25) is 0 Å². The number of nitrogens with two attached hydrogens (primary N) is 1. The summed E-state index contributed by atoms with van der Waals surface area (Å²) in [6, 6.07) is 17.7. The van der Waals surface area contributed by atoms with Crippen molar-refractivity contribution in [1.29, 1.82) is 0 Å². The van der Waals surface area contributed by atoms with E-state index in [1.165, 1.54) is 5.56 Å². The third-order valence-corrected chi connectivity index (χ3v) is 5.19. The topological polar surface area (TPSA) is 58.4 Å². The number of carbonyl (C=O) groups is 1. The Balaban J connectivity index is 0.00000225. The fraction of sp³-hybridized carbons (Fsp3) is 0.316. The number of benzene rings is 2. The largest absolute Gasteiger partial charge is 0.326 e. The van der Waals surface area contributed by atoms with Crippen LogP contribution >= 0.6 is 28.3 Å². The van der Waals surface area contributed by atoms with Crippen molar-refractivity contribution in [1.82, 2.24) is 4.90 Å². The summed E-state index contributed by atoms with van der Waals surface area (Å²) in [6.07, 6.45) is 0. The SMILES string of the molecule is CC(C(=O)Nc1ccc(Br)cc1)N1C[C@@H](N)[C@H](c2ccccc2)C1.Cl. The molecular weight excluding hydrogens is 402 g/mol. The zero-order chi connectivity index (χ0) is 17.1. The van der Waals surface area contributed by atoms with Gasteiger partial charge in [-0.05, 0) is 36.8 Å². The number of nitrogens with one attached hydrogen (secondary N) is 1. The molecule has 1 aliphatic rings. The third kappa shape index (κ3) is 4.82. The number of hydrogen-bond acceptors (Lipinski definition) is 3. The van der Waals surface area contributed by atoms with Gasteiger partial charge < -0.3 is 11.1 Å². The van der Waals surface area contributed by atoms with Gasteiger partial charge in [0.15, 0.2) is 0 Å². The van der Waals surface area contributed by atoms with E-state index in [0.29, 0.717) is 0 Å². The van der Waals surface area contributed by atoms with Crippen molar-refractivity contribution in [2.75, 3.05) is 18.4 Å². The van der Waals surface area contributed by atoms with Crippen molar-refractivity contribution in [3.63, 3.8) is 0 Å². The monoisotopic (exact) mass is 423 g/mol. The van der Waals surface area contributed by atoms with E-state index in [1.54, 1.807) is 0 Å². The molecule has 1 unspecified atom stereocenters. The molecular formula is C19H23BrClN3O. The smallest absolute Gasteiger partial charge is 0.241 e. The highest BCUT2D eigenvalue weighted by Gasteiger charge is 2.35. The third-order valence-electron chi connectivity index (χ3n) is 4.66. The second-order valence-corrected chi connectivity index (χ2v) is 7.22. The van der Waals surface area contributed by atoms with Gasteiger partial charge >= 0.3 is 0 Å². The van der Waals surface area contributed by atoms with Crippen LogP contribution in [0.25, 0.3) is 0 Å². The van der Waals surface area contributed by atoms with E-state index in [0.717, 1.165) is 23.2 Å². The van der Waals surface area contributed by atoms with E-state index in [4.69, 9.17) is 5.73 Å². The van der Waals surface area contributed by atoms with Crippen molar-refractivity contribution in [3.05, 3.63) is 64.6 Å². The van der Waals surface area contributed by atoms with Crippen LogP contribution in [0.3, 0.4) is 0 Å². The van der Waals surface area contributed by atoms with Gasteiger partial charge in [-0.25, -0.2) is 0 Å². The minimum atomic E-state index is -0.214. The number of nitrogens with zero attached hydrogens (tertiary/aromatic N) is 1. The van der Waals surface area contributed by atoms with Gasteiger partial charge in [0.25, 0.3) is 0 Å². The summed E-state index contributed by atoms with van der Waals surface area (Å²) >= 11 is 3.40. The van der Waals surface area contributed by atoms with Gasteiger partial charge in [-0.2, -0.15) is 0 Å². The van der Waals surface area contributed by atoms with E-state index in [1.807, 2.05) is 49.4 Å². The molecule has 0 aromatic heterocycles. The summed E-state index contributed by atoms with van der Waals surface area (Å²) in [5, 5.41) is 2.97. The Kier molecular flexibility index (Phi) is 7.02. The highest BCUT2D eigenvalue weighted by molar-refractivity contribution is 9.10. The van der Waals surface area contributed by atoms with Crippen molar-refractivity contribution in [2.24, 2.45) is 5.73 Å². The molecule has 25 heavy (non-hydrogen) atoms. The van der Waals surface area contributed by atoms with E-state index < -0.39 is 0 Å². The van der Waals surface area contributed by atoms with E-state index in [-0.39, 0.29) is 36.3 Å². The van der Waals surface area contributed by atoms with Gasteiger partial charge in [-0.3, -0.25) is 9.69 Å². The lowest BCUT2D eigenvalue weighted by atomic mass is 9.95. The van der Waals surface area contributed by atoms with Gasteiger partial charge in [0.05, 0.1) is 6.04 Å². The van der Waals surface area contributed by atoms with E-state index in [9.17, 15) is 4.79 Å². The van der Waals surface area contributed by atoms with Crippen molar-refractivity contribution >= 4 is 39.9 Å². The lowest BCUT2D eigenvalue weighted by molar-refractivity contribution is -0.120. The second kappa shape index (κ2) is 8.81. The molecule has 1 amide bonds. The molecule has 2 aromatic carbocycles. The number of likely N-dealkylation sites (tertiary alicyclic amines) is 1. The molecule has 0 bridgehead atoms. The van der Waals surface area contributed by atoms with Gasteiger partial charge in [0.2, 0.25) is 5.91 Å². The first-order valence-corrected chi connectivity index (χ1v) is 8.95. The molecule has 1 aliphatic heterocycles. The first-order valence-electron chi connectivity index (χ1n) is 8.15. The van der Waals surface area contributed by atoms with Gasteiger partial charge in [-0.1, -0.05) is 46.3 Å². The summed E-state index contributed by atoms with van der Waals surface area (Å²) in [7, 11) is 0. The molecule has 0 saturated carbocycles. The minimum Gasteiger partial charge on any atom is -0.326 e. The first kappa shape index (κ1) is 19.9. The molecule has 0 radical (unpaired) electrons. The summed E-state index contributed by atoms with van der Waals surface area (Å²) in [5.41, 5.74) is 8.38. The zero-order valence-electron chi connectivity index (χ0n) is 14.1. The number of anilines is 1. The Morgan fingerprint density at radius 3 is 2.44 bits per heavy atom. The van der Waals surface area contributed by atoms with Gasteiger partial charge in [0.1, 0.15) is 0 Å². The van der Waals surface area contributed by atoms with Crippen LogP contribution in [-0.4, -0.2) is 36.0 Å². The summed E-state index contributed by atoms with van der Waals surface area (Å²) in [4.78, 5) is 14.7. The molecule has 1 saturated heterocycles. The Morgan fingerprint density at radius 2 is 1.80 bits per heavy atom. The van der Waals surface area contributed by atoms with Crippen molar-refractivity contribution in [2.45, 2.75) is 24.9 Å². The minimum absolute atomic E-state index is 0. The molecule has 1 heterocycles. The summed E-state index contributed by atoms with van der Waals surface area (Å²) in [5.74, 6) is 0.271. The standard InChI is InChI=1S/C19H22BrN3O.ClH/c1-13(19(24)22-16-9-7-15(20)8-10-16)23-11-17(18(21)12-23)14-5-3-2-4-6-14;/h2-10,13,17-18H,11-12,21H2,1H3,(H,22,24);1H/t13?,17-,18+;/m0./s1. The Hall–Kier alpha value is -1.40. The molecule has 3 N–H and O–H groups in total. The van der Waals surface area contributed by atoms with Crippen LogP contribution in [0, 0.1) is 0 Å². The predicted octanol–water partition coefficient (Wildman–Crippen LogP) is 3.62. The molecule has 134 valence electrons. The molecule has 3 atom stereocenters. The fourth-order valence-electron chi connectivity index (χ4n) is 3.18. The maximum atomic E-state index is 12.5. The van der Waals surface area contributed by atoms with Crippen LogP contribution < -0.4 is 11.1 Å². The highest BCUT2D eigenvalue weighted by atomic mass is 79.9. The summed E-state index contributed by atoms with van der Waals surface area (Å²) in [6.45, 7) is 3.48. The molecule has 0 spiro atoms. The number of halogens is 2. The van der Waals surface area contributed by atoms with E-state index >= 15 is 0 Å². The molecule has 1 fully saturated rings. The maximum Gasteiger partial charge on any atom is 0.241 e. The lowest BCUT2D eigenvalue weighted by Crippen LogP contribution is -2.41. The molecule has 3 rings (SSSR count). The lowest BCUT2D eigenvalue weighted by Gasteiger charge is -2.23. The fourth-order valence-corrected chi connectivity index (χ4v) is 3.44.